The van der Waals surface area contributed by atoms with Crippen molar-refractivity contribution in [3.63, 3.8) is 0 Å². The fraction of sp³-hybridized carbons (Fsp3) is 1.00. The Bertz CT molecular complexity index is 361. The van der Waals surface area contributed by atoms with Crippen LogP contribution in [0.4, 0.5) is 0 Å². The van der Waals surface area contributed by atoms with Gasteiger partial charge in [0.2, 0.25) is 0 Å². The second-order valence-corrected chi connectivity index (χ2v) is 8.35. The average molecular weight is 402 g/mol. The van der Waals surface area contributed by atoms with Gasteiger partial charge in [-0.25, -0.2) is 4.18 Å². The summed E-state index contributed by atoms with van der Waals surface area (Å²) in [6.45, 7) is 2.37. The maximum Gasteiger partial charge on any atom is 1.00 e. The van der Waals surface area contributed by atoms with Crippen LogP contribution in [0.5, 0.6) is 0 Å². The molecule has 0 aromatic rings. The summed E-state index contributed by atoms with van der Waals surface area (Å²) in [5.74, 6) is 0. The Morgan fingerprint density at radius 3 is 1.12 bits per heavy atom. The molecule has 6 heteroatoms. The zero-order valence-corrected chi connectivity index (χ0v) is 20.3. The Kier molecular flexibility index (Phi) is 24.8. The van der Waals surface area contributed by atoms with E-state index in [9.17, 15) is 8.42 Å². The molecule has 0 amide bonds. The predicted molar refractivity (Wildman–Crippen MR) is 106 cm³/mol. The van der Waals surface area contributed by atoms with Crippen molar-refractivity contribution < 1.29 is 46.7 Å². The third-order valence-corrected chi connectivity index (χ3v) is 5.19. The van der Waals surface area contributed by atoms with Gasteiger partial charge in [0.1, 0.15) is 0 Å². The summed E-state index contributed by atoms with van der Waals surface area (Å²) in [5.41, 5.74) is 0. The third kappa shape index (κ3) is 27.1. The molecule has 0 spiro atoms. The van der Waals surface area contributed by atoms with Crippen molar-refractivity contribution in [2.24, 2.45) is 0 Å². The minimum Gasteiger partial charge on any atom is -0.264 e. The fourth-order valence-electron chi connectivity index (χ4n) is 3.17. The van der Waals surface area contributed by atoms with Gasteiger partial charge in [-0.2, -0.15) is 8.42 Å². The monoisotopic (exact) mass is 401 g/mol. The van der Waals surface area contributed by atoms with Crippen molar-refractivity contribution in [2.45, 2.75) is 122 Å². The molecular weight excluding hydrogens is 359 g/mol. The molecule has 0 saturated carbocycles. The largest absolute Gasteiger partial charge is 1.00 e. The van der Waals surface area contributed by atoms with Crippen LogP contribution in [0.2, 0.25) is 0 Å². The van der Waals surface area contributed by atoms with Crippen LogP contribution in [0.3, 0.4) is 0 Å². The molecule has 0 atom stereocenters. The maximum absolute atomic E-state index is 10.3. The summed E-state index contributed by atoms with van der Waals surface area (Å²) in [7, 11) is -4.25. The molecule has 0 radical (unpaired) electrons. The van der Waals surface area contributed by atoms with E-state index in [-0.39, 0.29) is 36.2 Å². The number of hydrogen-bond donors (Lipinski definition) is 1. The molecule has 4 nitrogen and oxygen atoms in total. The zero-order valence-electron chi connectivity index (χ0n) is 17.5. The van der Waals surface area contributed by atoms with Crippen LogP contribution in [0, 0.1) is 0 Å². The van der Waals surface area contributed by atoms with Crippen LogP contribution in [-0.2, 0) is 14.6 Å². The van der Waals surface area contributed by atoms with Gasteiger partial charge in [0, 0.05) is 0 Å². The van der Waals surface area contributed by atoms with Crippen LogP contribution in [-0.4, -0.2) is 19.6 Å². The second kappa shape index (κ2) is 22.2. The molecule has 0 aromatic carbocycles. The van der Waals surface area contributed by atoms with Crippen LogP contribution >= 0.6 is 0 Å². The van der Waals surface area contributed by atoms with Gasteiger partial charge in [-0.1, -0.05) is 116 Å². The van der Waals surface area contributed by atoms with Crippen molar-refractivity contribution in [1.29, 1.82) is 0 Å². The number of hydrogen-bond acceptors (Lipinski definition) is 3. The van der Waals surface area contributed by atoms with Gasteiger partial charge < -0.3 is 0 Å². The molecule has 0 aliphatic heterocycles. The molecule has 0 aromatic heterocycles. The molecular formula is C20H42NaO4S+. The molecule has 0 saturated heterocycles. The molecule has 0 aliphatic carbocycles. The molecule has 152 valence electrons. The van der Waals surface area contributed by atoms with E-state index in [1.54, 1.807) is 0 Å². The third-order valence-electron chi connectivity index (χ3n) is 4.73. The molecule has 0 rings (SSSR count). The Morgan fingerprint density at radius 2 is 0.846 bits per heavy atom. The van der Waals surface area contributed by atoms with Gasteiger partial charge in [-0.3, -0.25) is 4.55 Å². The smallest absolute Gasteiger partial charge is 0.264 e. The van der Waals surface area contributed by atoms with Crippen molar-refractivity contribution in [1.82, 2.24) is 0 Å². The van der Waals surface area contributed by atoms with Gasteiger partial charge in [-0.05, 0) is 6.42 Å². The van der Waals surface area contributed by atoms with Crippen LogP contribution < -0.4 is 29.6 Å². The Hall–Kier alpha value is 0.870. The molecule has 26 heavy (non-hydrogen) atoms. The van der Waals surface area contributed by atoms with E-state index in [1.165, 1.54) is 96.3 Å². The topological polar surface area (TPSA) is 63.6 Å². The van der Waals surface area contributed by atoms with Crippen LogP contribution in [0.25, 0.3) is 0 Å². The molecule has 0 fully saturated rings. The van der Waals surface area contributed by atoms with Gasteiger partial charge in [-0.15, -0.1) is 0 Å². The van der Waals surface area contributed by atoms with Crippen molar-refractivity contribution in [3.05, 3.63) is 0 Å². The van der Waals surface area contributed by atoms with E-state index in [2.05, 4.69) is 11.1 Å². The SMILES string of the molecule is CCCCCCCCCCCCCCCCCCCCOS(=O)(=O)O.[Na+]. The van der Waals surface area contributed by atoms with E-state index in [4.69, 9.17) is 4.55 Å². The first-order valence-corrected chi connectivity index (χ1v) is 12.0. The van der Waals surface area contributed by atoms with Gasteiger partial charge in [0.05, 0.1) is 6.61 Å². The summed E-state index contributed by atoms with van der Waals surface area (Å²) in [5, 5.41) is 0. The first kappa shape index (κ1) is 29.1. The Labute approximate surface area is 185 Å². The number of unbranched alkanes of at least 4 members (excludes halogenated alkanes) is 17. The predicted octanol–water partition coefficient (Wildman–Crippen LogP) is 3.85. The van der Waals surface area contributed by atoms with Crippen molar-refractivity contribution >= 4 is 10.4 Å². The molecule has 0 heterocycles. The molecule has 1 N–H and O–H groups in total. The van der Waals surface area contributed by atoms with E-state index < -0.39 is 10.4 Å². The maximum atomic E-state index is 10.3. The summed E-state index contributed by atoms with van der Waals surface area (Å²) >= 11 is 0. The van der Waals surface area contributed by atoms with E-state index in [1.807, 2.05) is 0 Å². The summed E-state index contributed by atoms with van der Waals surface area (Å²) in [6.07, 6.45) is 23.4. The van der Waals surface area contributed by atoms with Gasteiger partial charge >= 0.3 is 40.0 Å². The van der Waals surface area contributed by atoms with Crippen LogP contribution in [0.1, 0.15) is 122 Å². The summed E-state index contributed by atoms with van der Waals surface area (Å²) < 4.78 is 33.4. The zero-order chi connectivity index (χ0) is 18.6. The fourth-order valence-corrected chi connectivity index (χ4v) is 3.50. The molecule has 0 aliphatic rings. The quantitative estimate of drug-likeness (QED) is 0.191. The summed E-state index contributed by atoms with van der Waals surface area (Å²) in [4.78, 5) is 0. The van der Waals surface area contributed by atoms with E-state index in [0.29, 0.717) is 6.42 Å². The second-order valence-electron chi connectivity index (χ2n) is 7.26. The molecule has 0 bridgehead atoms. The Balaban J connectivity index is 0. The van der Waals surface area contributed by atoms with E-state index in [0.717, 1.165) is 12.8 Å². The van der Waals surface area contributed by atoms with Gasteiger partial charge in [0.15, 0.2) is 0 Å². The van der Waals surface area contributed by atoms with Gasteiger partial charge in [0.25, 0.3) is 0 Å². The Morgan fingerprint density at radius 1 is 0.577 bits per heavy atom. The first-order chi connectivity index (χ1) is 12.1. The normalized spacial score (nSPS) is 11.5. The van der Waals surface area contributed by atoms with Crippen molar-refractivity contribution in [2.75, 3.05) is 6.61 Å². The minimum absolute atomic E-state index is 0. The van der Waals surface area contributed by atoms with E-state index >= 15 is 0 Å². The minimum atomic E-state index is -4.25. The summed E-state index contributed by atoms with van der Waals surface area (Å²) in [6, 6.07) is 0. The first-order valence-electron chi connectivity index (χ1n) is 10.7. The molecule has 0 unspecified atom stereocenters. The average Bonchev–Trinajstić information content (AvgIpc) is 2.56. The van der Waals surface area contributed by atoms with Crippen LogP contribution in [0.15, 0.2) is 0 Å². The standard InChI is InChI=1S/C20H42O4S.Na/c1-2-3-4-5-6-7-8-9-10-11-12-13-14-15-16-17-18-19-20-24-25(21,22)23;/h2-20H2,1H3,(H,21,22,23);/q;+1. The van der Waals surface area contributed by atoms with Crippen molar-refractivity contribution in [3.8, 4) is 0 Å². The number of rotatable bonds is 20.